The van der Waals surface area contributed by atoms with Gasteiger partial charge in [0.25, 0.3) is 0 Å². The van der Waals surface area contributed by atoms with Gasteiger partial charge in [-0.15, -0.1) is 0 Å². The number of nitriles is 1. The van der Waals surface area contributed by atoms with Gasteiger partial charge in [0.15, 0.2) is 0 Å². The monoisotopic (exact) mass is 249 g/mol. The van der Waals surface area contributed by atoms with E-state index in [1.165, 1.54) is 0 Å². The van der Waals surface area contributed by atoms with E-state index in [4.69, 9.17) is 4.42 Å². The van der Waals surface area contributed by atoms with E-state index in [0.29, 0.717) is 17.2 Å². The van der Waals surface area contributed by atoms with Crippen molar-refractivity contribution < 1.29 is 4.42 Å². The first kappa shape index (κ1) is 11.3. The molecule has 0 spiro atoms. The summed E-state index contributed by atoms with van der Waals surface area (Å²) in [7, 11) is 0. The number of benzene rings is 1. The number of imidazole rings is 1. The number of aryl methyl sites for hydroxylation is 1. The third-order valence-corrected chi connectivity index (χ3v) is 2.92. The van der Waals surface area contributed by atoms with Crippen LogP contribution in [-0.4, -0.2) is 9.97 Å². The maximum absolute atomic E-state index is 9.25. The smallest absolute Gasteiger partial charge is 0.149 e. The summed E-state index contributed by atoms with van der Waals surface area (Å²) in [6.07, 6.45) is 3.25. The Hall–Kier alpha value is -2.80. The van der Waals surface area contributed by atoms with Crippen LogP contribution < -0.4 is 0 Å². The molecule has 92 valence electrons. The highest BCUT2D eigenvalue weighted by Gasteiger charge is 2.09. The molecule has 0 amide bonds. The average Bonchev–Trinajstić information content (AvgIpc) is 3.05. The van der Waals surface area contributed by atoms with Crippen molar-refractivity contribution in [2.24, 2.45) is 0 Å². The third-order valence-electron chi connectivity index (χ3n) is 2.92. The predicted octanol–water partition coefficient (Wildman–Crippen LogP) is 3.53. The van der Waals surface area contributed by atoms with E-state index in [1.807, 2.05) is 25.1 Å². The zero-order valence-corrected chi connectivity index (χ0v) is 10.3. The van der Waals surface area contributed by atoms with Gasteiger partial charge >= 0.3 is 0 Å². The molecule has 1 N–H and O–H groups in total. The highest BCUT2D eigenvalue weighted by molar-refractivity contribution is 5.90. The van der Waals surface area contributed by atoms with Crippen LogP contribution in [0.25, 0.3) is 22.7 Å². The fourth-order valence-corrected chi connectivity index (χ4v) is 1.97. The first-order chi connectivity index (χ1) is 9.28. The molecule has 4 nitrogen and oxygen atoms in total. The Labute approximate surface area is 110 Å². The van der Waals surface area contributed by atoms with Crippen molar-refractivity contribution >= 4 is 22.7 Å². The van der Waals surface area contributed by atoms with Crippen LogP contribution in [0.3, 0.4) is 0 Å². The van der Waals surface area contributed by atoms with Gasteiger partial charge in [0.05, 0.1) is 22.9 Å². The van der Waals surface area contributed by atoms with E-state index in [-0.39, 0.29) is 0 Å². The van der Waals surface area contributed by atoms with Gasteiger partial charge in [-0.25, -0.2) is 4.98 Å². The number of allylic oxidation sites excluding steroid dienone is 1. The molecule has 0 unspecified atom stereocenters. The van der Waals surface area contributed by atoms with Gasteiger partial charge in [0, 0.05) is 6.08 Å². The minimum absolute atomic E-state index is 0.450. The number of furan rings is 1. The lowest BCUT2D eigenvalue weighted by molar-refractivity contribution is 0.557. The molecule has 0 saturated heterocycles. The molecule has 0 saturated carbocycles. The van der Waals surface area contributed by atoms with Crippen LogP contribution >= 0.6 is 0 Å². The molecule has 1 aromatic carbocycles. The van der Waals surface area contributed by atoms with Crippen LogP contribution in [0.4, 0.5) is 0 Å². The maximum Gasteiger partial charge on any atom is 0.149 e. The van der Waals surface area contributed by atoms with Crippen molar-refractivity contribution in [3.8, 4) is 6.07 Å². The molecular weight excluding hydrogens is 238 g/mol. The molecule has 4 heteroatoms. The topological polar surface area (TPSA) is 65.6 Å². The second-order valence-corrected chi connectivity index (χ2v) is 4.24. The Morgan fingerprint density at radius 2 is 2.26 bits per heavy atom. The minimum Gasteiger partial charge on any atom is -0.465 e. The fourth-order valence-electron chi connectivity index (χ4n) is 1.97. The molecular formula is C15H11N3O. The molecule has 0 bridgehead atoms. The summed E-state index contributed by atoms with van der Waals surface area (Å²) < 4.78 is 5.22. The number of nitrogens with zero attached hydrogens (tertiary/aromatic N) is 2. The summed E-state index contributed by atoms with van der Waals surface area (Å²) in [5, 5.41) is 9.25. The van der Waals surface area contributed by atoms with Crippen molar-refractivity contribution in [2.45, 2.75) is 6.92 Å². The highest BCUT2D eigenvalue weighted by atomic mass is 16.3. The lowest BCUT2D eigenvalue weighted by Gasteiger charge is -1.91. The lowest BCUT2D eigenvalue weighted by Crippen LogP contribution is -1.84. The summed E-state index contributed by atoms with van der Waals surface area (Å²) >= 11 is 0. The van der Waals surface area contributed by atoms with Crippen molar-refractivity contribution in [3.63, 3.8) is 0 Å². The first-order valence-electron chi connectivity index (χ1n) is 5.89. The summed E-state index contributed by atoms with van der Waals surface area (Å²) in [5.74, 6) is 1.19. The quantitative estimate of drug-likeness (QED) is 0.706. The number of fused-ring (bicyclic) bond motifs is 1. The zero-order chi connectivity index (χ0) is 13.2. The summed E-state index contributed by atoms with van der Waals surface area (Å²) in [4.78, 5) is 7.63. The molecule has 3 rings (SSSR count). The maximum atomic E-state index is 9.25. The number of aromatic amines is 1. The van der Waals surface area contributed by atoms with Crippen molar-refractivity contribution in [3.05, 3.63) is 53.7 Å². The third kappa shape index (κ3) is 2.02. The Bertz CT molecular complexity index is 789. The fraction of sp³-hybridized carbons (Fsp3) is 0.0667. The Morgan fingerprint density at radius 1 is 1.37 bits per heavy atom. The van der Waals surface area contributed by atoms with Crippen LogP contribution in [0.2, 0.25) is 0 Å². The number of H-pyrrole nitrogens is 1. The second kappa shape index (κ2) is 4.46. The van der Waals surface area contributed by atoms with Crippen LogP contribution in [0.5, 0.6) is 0 Å². The van der Waals surface area contributed by atoms with Crippen LogP contribution in [-0.2, 0) is 0 Å². The van der Waals surface area contributed by atoms with Gasteiger partial charge in [-0.05, 0) is 30.7 Å². The standard InChI is InChI=1S/C15H11N3O/c1-10-4-2-6-13-14(10)18-15(17-13)11(9-16)8-12-5-3-7-19-12/h2-8H,1H3,(H,17,18). The van der Waals surface area contributed by atoms with E-state index in [2.05, 4.69) is 16.0 Å². The molecule has 0 fully saturated rings. The van der Waals surface area contributed by atoms with E-state index in [9.17, 15) is 5.26 Å². The lowest BCUT2D eigenvalue weighted by atomic mass is 10.2. The van der Waals surface area contributed by atoms with Crippen molar-refractivity contribution in [1.82, 2.24) is 9.97 Å². The molecule has 2 heterocycles. The number of hydrogen-bond donors (Lipinski definition) is 1. The van der Waals surface area contributed by atoms with Crippen LogP contribution in [0.15, 0.2) is 41.0 Å². The number of para-hydroxylation sites is 1. The molecule has 0 atom stereocenters. The van der Waals surface area contributed by atoms with Gasteiger partial charge < -0.3 is 9.40 Å². The molecule has 0 aliphatic carbocycles. The zero-order valence-electron chi connectivity index (χ0n) is 10.3. The summed E-state index contributed by atoms with van der Waals surface area (Å²) in [5.41, 5.74) is 3.34. The van der Waals surface area contributed by atoms with Crippen molar-refractivity contribution in [2.75, 3.05) is 0 Å². The number of rotatable bonds is 2. The molecule has 2 aromatic heterocycles. The largest absolute Gasteiger partial charge is 0.465 e. The molecule has 0 aliphatic heterocycles. The average molecular weight is 249 g/mol. The number of aromatic nitrogens is 2. The highest BCUT2D eigenvalue weighted by Crippen LogP contribution is 2.21. The first-order valence-corrected chi connectivity index (χ1v) is 5.89. The summed E-state index contributed by atoms with van der Waals surface area (Å²) in [6, 6.07) is 11.6. The van der Waals surface area contributed by atoms with Gasteiger partial charge in [0.1, 0.15) is 17.7 Å². The molecule has 0 radical (unpaired) electrons. The van der Waals surface area contributed by atoms with E-state index in [0.717, 1.165) is 16.6 Å². The van der Waals surface area contributed by atoms with Crippen molar-refractivity contribution in [1.29, 1.82) is 5.26 Å². The van der Waals surface area contributed by atoms with Gasteiger partial charge in [-0.3, -0.25) is 0 Å². The van der Waals surface area contributed by atoms with Crippen LogP contribution in [0, 0.1) is 18.3 Å². The molecule has 3 aromatic rings. The number of nitrogens with one attached hydrogen (secondary N) is 1. The second-order valence-electron chi connectivity index (χ2n) is 4.24. The van der Waals surface area contributed by atoms with E-state index < -0.39 is 0 Å². The Balaban J connectivity index is 2.13. The van der Waals surface area contributed by atoms with Crippen LogP contribution in [0.1, 0.15) is 17.1 Å². The molecule has 0 aliphatic rings. The van der Waals surface area contributed by atoms with E-state index in [1.54, 1.807) is 24.5 Å². The van der Waals surface area contributed by atoms with Gasteiger partial charge in [0.2, 0.25) is 0 Å². The summed E-state index contributed by atoms with van der Waals surface area (Å²) in [6.45, 7) is 2.00. The van der Waals surface area contributed by atoms with Gasteiger partial charge in [-0.1, -0.05) is 12.1 Å². The normalized spacial score (nSPS) is 11.7. The molecule has 19 heavy (non-hydrogen) atoms. The Kier molecular flexibility index (Phi) is 2.66. The SMILES string of the molecule is Cc1cccc2[nH]c(C(C#N)=Cc3ccco3)nc12. The van der Waals surface area contributed by atoms with Gasteiger partial charge in [-0.2, -0.15) is 5.26 Å². The predicted molar refractivity (Wildman–Crippen MR) is 73.0 cm³/mol. The Morgan fingerprint density at radius 3 is 2.95 bits per heavy atom. The van der Waals surface area contributed by atoms with E-state index >= 15 is 0 Å². The minimum atomic E-state index is 0.450. The number of hydrogen-bond acceptors (Lipinski definition) is 3.